The lowest BCUT2D eigenvalue weighted by Crippen LogP contribution is -2.04. The van der Waals surface area contributed by atoms with Crippen LogP contribution in [0.4, 0.5) is 0 Å². The van der Waals surface area contributed by atoms with Gasteiger partial charge in [-0.25, -0.2) is 4.79 Å². The molecule has 0 unspecified atom stereocenters. The Balaban J connectivity index is 2.32. The van der Waals surface area contributed by atoms with Crippen molar-refractivity contribution in [2.24, 2.45) is 0 Å². The zero-order valence-electron chi connectivity index (χ0n) is 9.69. The van der Waals surface area contributed by atoms with Gasteiger partial charge < -0.3 is 9.47 Å². The van der Waals surface area contributed by atoms with Crippen molar-refractivity contribution >= 4 is 23.6 Å². The van der Waals surface area contributed by atoms with Gasteiger partial charge in [0.1, 0.15) is 0 Å². The van der Waals surface area contributed by atoms with Crippen LogP contribution in [0.25, 0.3) is 6.08 Å². The summed E-state index contributed by atoms with van der Waals surface area (Å²) >= 11 is 5.75. The average molecular weight is 255 g/mol. The molecule has 0 aliphatic carbocycles. The highest BCUT2D eigenvalue weighted by Crippen LogP contribution is 2.10. The Labute approximate surface area is 106 Å². The Kier molecular flexibility index (Phi) is 6.37. The molecule has 4 heteroatoms. The second-order valence-corrected chi connectivity index (χ2v) is 3.84. The van der Waals surface area contributed by atoms with E-state index in [1.807, 2.05) is 12.1 Å². The van der Waals surface area contributed by atoms with Crippen LogP contribution in [-0.4, -0.2) is 26.3 Å². The van der Waals surface area contributed by atoms with Gasteiger partial charge in [-0.1, -0.05) is 23.7 Å². The zero-order chi connectivity index (χ0) is 12.5. The smallest absolute Gasteiger partial charge is 0.330 e. The summed E-state index contributed by atoms with van der Waals surface area (Å²) in [6, 6.07) is 7.20. The molecule has 0 saturated carbocycles. The van der Waals surface area contributed by atoms with E-state index in [4.69, 9.17) is 21.1 Å². The molecule has 0 heterocycles. The van der Waals surface area contributed by atoms with Crippen molar-refractivity contribution in [1.82, 2.24) is 0 Å². The first-order valence-electron chi connectivity index (χ1n) is 5.31. The maximum absolute atomic E-state index is 11.3. The van der Waals surface area contributed by atoms with Crippen molar-refractivity contribution < 1.29 is 14.3 Å². The molecule has 0 aromatic heterocycles. The number of hydrogen-bond donors (Lipinski definition) is 0. The van der Waals surface area contributed by atoms with Crippen molar-refractivity contribution in [1.29, 1.82) is 0 Å². The quantitative estimate of drug-likeness (QED) is 0.445. The summed E-state index contributed by atoms with van der Waals surface area (Å²) in [7, 11) is 1.61. The van der Waals surface area contributed by atoms with Gasteiger partial charge in [-0.05, 0) is 23.8 Å². The van der Waals surface area contributed by atoms with E-state index in [-0.39, 0.29) is 5.97 Å². The molecular formula is C13H15ClO3. The maximum atomic E-state index is 11.3. The molecule has 0 bridgehead atoms. The van der Waals surface area contributed by atoms with Crippen LogP contribution in [0.15, 0.2) is 30.3 Å². The van der Waals surface area contributed by atoms with Gasteiger partial charge in [-0.3, -0.25) is 0 Å². The van der Waals surface area contributed by atoms with Crippen molar-refractivity contribution in [3.05, 3.63) is 40.9 Å². The first-order chi connectivity index (χ1) is 8.22. The number of carbonyl (C=O) groups is 1. The van der Waals surface area contributed by atoms with E-state index in [2.05, 4.69) is 0 Å². The normalized spacial score (nSPS) is 10.7. The second-order valence-electron chi connectivity index (χ2n) is 3.40. The predicted molar refractivity (Wildman–Crippen MR) is 67.9 cm³/mol. The standard InChI is InChI=1S/C13H15ClO3/c1-16-9-2-10-17-13(15)8-5-11-3-6-12(14)7-4-11/h3-8H,2,9-10H2,1H3. The van der Waals surface area contributed by atoms with Crippen molar-refractivity contribution in [3.63, 3.8) is 0 Å². The summed E-state index contributed by atoms with van der Waals surface area (Å²) in [5.41, 5.74) is 0.906. The van der Waals surface area contributed by atoms with Gasteiger partial charge in [-0.2, -0.15) is 0 Å². The van der Waals surface area contributed by atoms with Crippen LogP contribution >= 0.6 is 11.6 Å². The molecule has 0 N–H and O–H groups in total. The second kappa shape index (κ2) is 7.87. The van der Waals surface area contributed by atoms with Gasteiger partial charge in [-0.15, -0.1) is 0 Å². The lowest BCUT2D eigenvalue weighted by Gasteiger charge is -2.00. The van der Waals surface area contributed by atoms with Crippen molar-refractivity contribution in [2.45, 2.75) is 6.42 Å². The Morgan fingerprint density at radius 3 is 2.65 bits per heavy atom. The predicted octanol–water partition coefficient (Wildman–Crippen LogP) is 2.93. The number of carbonyl (C=O) groups excluding carboxylic acids is 1. The first-order valence-corrected chi connectivity index (χ1v) is 5.69. The zero-order valence-corrected chi connectivity index (χ0v) is 10.4. The number of halogens is 1. The molecule has 1 rings (SSSR count). The van der Waals surface area contributed by atoms with Crippen molar-refractivity contribution in [3.8, 4) is 0 Å². The minimum Gasteiger partial charge on any atom is -0.462 e. The van der Waals surface area contributed by atoms with Crippen LogP contribution in [0.2, 0.25) is 5.02 Å². The minimum atomic E-state index is -0.351. The highest BCUT2D eigenvalue weighted by Gasteiger charge is 1.96. The Morgan fingerprint density at radius 1 is 1.29 bits per heavy atom. The molecule has 0 aliphatic heterocycles. The Hall–Kier alpha value is -1.32. The van der Waals surface area contributed by atoms with Crippen LogP contribution in [0.5, 0.6) is 0 Å². The molecule has 0 amide bonds. The molecule has 0 radical (unpaired) electrons. The fourth-order valence-electron chi connectivity index (χ4n) is 1.16. The number of hydrogen-bond acceptors (Lipinski definition) is 3. The summed E-state index contributed by atoms with van der Waals surface area (Å²) in [5, 5.41) is 0.671. The number of methoxy groups -OCH3 is 1. The molecular weight excluding hydrogens is 240 g/mol. The Bertz CT molecular complexity index is 371. The maximum Gasteiger partial charge on any atom is 0.330 e. The number of ether oxygens (including phenoxy) is 2. The van der Waals surface area contributed by atoms with Gasteiger partial charge in [0, 0.05) is 31.2 Å². The molecule has 17 heavy (non-hydrogen) atoms. The topological polar surface area (TPSA) is 35.5 Å². The summed E-state index contributed by atoms with van der Waals surface area (Å²) < 4.78 is 9.80. The molecule has 0 atom stereocenters. The van der Waals surface area contributed by atoms with Gasteiger partial charge >= 0.3 is 5.97 Å². The number of rotatable bonds is 6. The highest BCUT2D eigenvalue weighted by atomic mass is 35.5. The summed E-state index contributed by atoms with van der Waals surface area (Å²) in [6.45, 7) is 0.964. The van der Waals surface area contributed by atoms with Crippen LogP contribution < -0.4 is 0 Å². The van der Waals surface area contributed by atoms with E-state index in [9.17, 15) is 4.79 Å². The third kappa shape index (κ3) is 6.09. The van der Waals surface area contributed by atoms with E-state index in [1.165, 1.54) is 6.08 Å². The first kappa shape index (κ1) is 13.7. The minimum absolute atomic E-state index is 0.351. The largest absolute Gasteiger partial charge is 0.462 e. The van der Waals surface area contributed by atoms with E-state index >= 15 is 0 Å². The summed E-state index contributed by atoms with van der Waals surface area (Å²) in [5.74, 6) is -0.351. The lowest BCUT2D eigenvalue weighted by atomic mass is 10.2. The van der Waals surface area contributed by atoms with E-state index in [1.54, 1.807) is 25.3 Å². The molecule has 92 valence electrons. The monoisotopic (exact) mass is 254 g/mol. The van der Waals surface area contributed by atoms with Crippen LogP contribution in [-0.2, 0) is 14.3 Å². The fraction of sp³-hybridized carbons (Fsp3) is 0.308. The van der Waals surface area contributed by atoms with Gasteiger partial charge in [0.2, 0.25) is 0 Å². The number of esters is 1. The van der Waals surface area contributed by atoms with Crippen molar-refractivity contribution in [2.75, 3.05) is 20.3 Å². The molecule has 1 aromatic rings. The molecule has 0 aliphatic rings. The number of benzene rings is 1. The fourth-order valence-corrected chi connectivity index (χ4v) is 1.29. The summed E-state index contributed by atoms with van der Waals surface area (Å²) in [6.07, 6.45) is 3.79. The SMILES string of the molecule is COCCCOC(=O)C=Cc1ccc(Cl)cc1. The van der Waals surface area contributed by atoms with E-state index in [0.29, 0.717) is 24.7 Å². The third-order valence-corrected chi connectivity index (χ3v) is 2.27. The third-order valence-electron chi connectivity index (χ3n) is 2.02. The molecule has 0 spiro atoms. The van der Waals surface area contributed by atoms with Crippen LogP contribution in [0, 0.1) is 0 Å². The van der Waals surface area contributed by atoms with Crippen LogP contribution in [0.3, 0.4) is 0 Å². The van der Waals surface area contributed by atoms with E-state index in [0.717, 1.165) is 5.56 Å². The van der Waals surface area contributed by atoms with E-state index < -0.39 is 0 Å². The molecule has 0 fully saturated rings. The Morgan fingerprint density at radius 2 is 2.00 bits per heavy atom. The van der Waals surface area contributed by atoms with Gasteiger partial charge in [0.25, 0.3) is 0 Å². The molecule has 3 nitrogen and oxygen atoms in total. The lowest BCUT2D eigenvalue weighted by molar-refractivity contribution is -0.138. The van der Waals surface area contributed by atoms with Gasteiger partial charge in [0.15, 0.2) is 0 Å². The molecule has 0 saturated heterocycles. The average Bonchev–Trinajstić information content (AvgIpc) is 2.34. The summed E-state index contributed by atoms with van der Waals surface area (Å²) in [4.78, 5) is 11.3. The van der Waals surface area contributed by atoms with Gasteiger partial charge in [0.05, 0.1) is 6.61 Å². The van der Waals surface area contributed by atoms with Crippen LogP contribution in [0.1, 0.15) is 12.0 Å². The highest BCUT2D eigenvalue weighted by molar-refractivity contribution is 6.30. The molecule has 1 aromatic carbocycles.